The Bertz CT molecular complexity index is 931. The minimum atomic E-state index is -0.521. The molecule has 0 bridgehead atoms. The zero-order chi connectivity index (χ0) is 16.4. The van der Waals surface area contributed by atoms with Crippen LogP contribution in [0.5, 0.6) is 0 Å². The summed E-state index contributed by atoms with van der Waals surface area (Å²) >= 11 is 0. The lowest BCUT2D eigenvalue weighted by Gasteiger charge is -2.21. The molecule has 1 aromatic heterocycles. The van der Waals surface area contributed by atoms with E-state index in [1.807, 2.05) is 50.2 Å². The van der Waals surface area contributed by atoms with Crippen molar-refractivity contribution in [1.29, 1.82) is 0 Å². The van der Waals surface area contributed by atoms with Crippen LogP contribution >= 0.6 is 0 Å². The van der Waals surface area contributed by atoms with Gasteiger partial charge in [0.1, 0.15) is 5.69 Å². The second kappa shape index (κ2) is 6.04. The number of aromatic amines is 1. The molecule has 1 N–H and O–H groups in total. The number of rotatable bonds is 3. The molecule has 0 atom stereocenters. The van der Waals surface area contributed by atoms with Crippen LogP contribution in [0.25, 0.3) is 10.9 Å². The first-order valence-corrected chi connectivity index (χ1v) is 7.47. The molecule has 0 unspecified atom stereocenters. The number of aromatic nitrogens is 2. The lowest BCUT2D eigenvalue weighted by atomic mass is 10.1. The molecular formula is C18H17N3O2. The van der Waals surface area contributed by atoms with Gasteiger partial charge in [0.15, 0.2) is 0 Å². The summed E-state index contributed by atoms with van der Waals surface area (Å²) in [5.41, 5.74) is 2.12. The second-order valence-electron chi connectivity index (χ2n) is 5.32. The van der Waals surface area contributed by atoms with Gasteiger partial charge in [-0.3, -0.25) is 4.79 Å². The SMILES string of the molecule is CCN(C(=O)c1nc(=O)[nH]c2ccccc12)c1cccc(C)c1. The topological polar surface area (TPSA) is 66.1 Å². The van der Waals surface area contributed by atoms with E-state index in [2.05, 4.69) is 9.97 Å². The number of aryl methyl sites for hydroxylation is 1. The van der Waals surface area contributed by atoms with E-state index in [0.717, 1.165) is 11.3 Å². The fourth-order valence-corrected chi connectivity index (χ4v) is 2.63. The Labute approximate surface area is 133 Å². The maximum Gasteiger partial charge on any atom is 0.346 e. The standard InChI is InChI=1S/C18H17N3O2/c1-3-21(13-8-6-7-12(2)11-13)17(22)16-14-9-4-5-10-15(14)19-18(23)20-16/h4-11H,3H2,1-2H3,(H,19,20,23). The van der Waals surface area contributed by atoms with Crippen LogP contribution in [-0.2, 0) is 0 Å². The Kier molecular flexibility index (Phi) is 3.93. The van der Waals surface area contributed by atoms with E-state index in [-0.39, 0.29) is 11.6 Å². The van der Waals surface area contributed by atoms with Gasteiger partial charge in [0.05, 0.1) is 5.52 Å². The number of nitrogens with zero attached hydrogens (tertiary/aromatic N) is 2. The Morgan fingerprint density at radius 2 is 1.96 bits per heavy atom. The lowest BCUT2D eigenvalue weighted by Crippen LogP contribution is -2.33. The number of H-pyrrole nitrogens is 1. The summed E-state index contributed by atoms with van der Waals surface area (Å²) < 4.78 is 0. The molecule has 0 aliphatic heterocycles. The molecule has 2 aromatic carbocycles. The quantitative estimate of drug-likeness (QED) is 0.809. The molecule has 1 heterocycles. The number of anilines is 1. The van der Waals surface area contributed by atoms with Crippen LogP contribution in [0.3, 0.4) is 0 Å². The lowest BCUT2D eigenvalue weighted by molar-refractivity contribution is 0.0985. The van der Waals surface area contributed by atoms with Gasteiger partial charge < -0.3 is 9.88 Å². The highest BCUT2D eigenvalue weighted by Crippen LogP contribution is 2.20. The van der Waals surface area contributed by atoms with E-state index in [9.17, 15) is 9.59 Å². The number of nitrogens with one attached hydrogen (secondary N) is 1. The average molecular weight is 307 g/mol. The van der Waals surface area contributed by atoms with E-state index >= 15 is 0 Å². The van der Waals surface area contributed by atoms with Crippen molar-refractivity contribution in [3.63, 3.8) is 0 Å². The molecule has 5 heteroatoms. The van der Waals surface area contributed by atoms with Gasteiger partial charge in [-0.2, -0.15) is 4.98 Å². The number of carbonyl (C=O) groups excluding carboxylic acids is 1. The van der Waals surface area contributed by atoms with Crippen LogP contribution in [-0.4, -0.2) is 22.4 Å². The number of hydrogen-bond acceptors (Lipinski definition) is 3. The highest BCUT2D eigenvalue weighted by molar-refractivity contribution is 6.11. The van der Waals surface area contributed by atoms with Crippen molar-refractivity contribution in [1.82, 2.24) is 9.97 Å². The van der Waals surface area contributed by atoms with Crippen molar-refractivity contribution in [2.45, 2.75) is 13.8 Å². The van der Waals surface area contributed by atoms with E-state index in [4.69, 9.17) is 0 Å². The summed E-state index contributed by atoms with van der Waals surface area (Å²) in [6.07, 6.45) is 0. The molecule has 0 radical (unpaired) electrons. The summed E-state index contributed by atoms with van der Waals surface area (Å²) in [6, 6.07) is 14.9. The third-order valence-corrected chi connectivity index (χ3v) is 3.71. The number of carbonyl (C=O) groups is 1. The Morgan fingerprint density at radius 1 is 1.17 bits per heavy atom. The minimum Gasteiger partial charge on any atom is -0.307 e. The van der Waals surface area contributed by atoms with Gasteiger partial charge in [-0.1, -0.05) is 30.3 Å². The molecule has 0 spiro atoms. The maximum absolute atomic E-state index is 13.0. The van der Waals surface area contributed by atoms with Crippen LogP contribution in [0.1, 0.15) is 23.0 Å². The largest absolute Gasteiger partial charge is 0.346 e. The predicted molar refractivity (Wildman–Crippen MR) is 90.9 cm³/mol. The predicted octanol–water partition coefficient (Wildman–Crippen LogP) is 2.90. The van der Waals surface area contributed by atoms with Crippen LogP contribution < -0.4 is 10.6 Å². The van der Waals surface area contributed by atoms with Gasteiger partial charge in [0.2, 0.25) is 0 Å². The van der Waals surface area contributed by atoms with Crippen LogP contribution in [0.15, 0.2) is 53.3 Å². The zero-order valence-electron chi connectivity index (χ0n) is 13.0. The first-order chi connectivity index (χ1) is 11.1. The van der Waals surface area contributed by atoms with Crippen molar-refractivity contribution in [2.24, 2.45) is 0 Å². The minimum absolute atomic E-state index is 0.174. The molecule has 3 rings (SSSR count). The van der Waals surface area contributed by atoms with Crippen molar-refractivity contribution in [2.75, 3.05) is 11.4 Å². The molecule has 3 aromatic rings. The molecule has 0 saturated carbocycles. The monoisotopic (exact) mass is 307 g/mol. The molecule has 1 amide bonds. The summed E-state index contributed by atoms with van der Waals surface area (Å²) in [6.45, 7) is 4.36. The Balaban J connectivity index is 2.14. The highest BCUT2D eigenvalue weighted by atomic mass is 16.2. The second-order valence-corrected chi connectivity index (χ2v) is 5.32. The third-order valence-electron chi connectivity index (χ3n) is 3.71. The van der Waals surface area contributed by atoms with E-state index in [0.29, 0.717) is 17.4 Å². The Hall–Kier alpha value is -2.95. The fourth-order valence-electron chi connectivity index (χ4n) is 2.63. The smallest absolute Gasteiger partial charge is 0.307 e. The molecule has 5 nitrogen and oxygen atoms in total. The van der Waals surface area contributed by atoms with Crippen molar-refractivity contribution in [3.8, 4) is 0 Å². The van der Waals surface area contributed by atoms with Crippen LogP contribution in [0, 0.1) is 6.92 Å². The first-order valence-electron chi connectivity index (χ1n) is 7.47. The fraction of sp³-hybridized carbons (Fsp3) is 0.167. The molecule has 23 heavy (non-hydrogen) atoms. The normalized spacial score (nSPS) is 10.7. The highest BCUT2D eigenvalue weighted by Gasteiger charge is 2.20. The van der Waals surface area contributed by atoms with Crippen LogP contribution in [0.4, 0.5) is 5.69 Å². The summed E-state index contributed by atoms with van der Waals surface area (Å²) in [5.74, 6) is -0.277. The number of hydrogen-bond donors (Lipinski definition) is 1. The van der Waals surface area contributed by atoms with Crippen LogP contribution in [0.2, 0.25) is 0 Å². The molecular weight excluding hydrogens is 290 g/mol. The van der Waals surface area contributed by atoms with Crippen molar-refractivity contribution >= 4 is 22.5 Å². The third kappa shape index (κ3) is 2.85. The van der Waals surface area contributed by atoms with Crippen molar-refractivity contribution in [3.05, 3.63) is 70.3 Å². The molecule has 116 valence electrons. The van der Waals surface area contributed by atoms with Gasteiger partial charge in [0.25, 0.3) is 5.91 Å². The van der Waals surface area contributed by atoms with E-state index < -0.39 is 5.69 Å². The van der Waals surface area contributed by atoms with E-state index in [1.165, 1.54) is 0 Å². The van der Waals surface area contributed by atoms with Gasteiger partial charge in [0, 0.05) is 17.6 Å². The van der Waals surface area contributed by atoms with Crippen molar-refractivity contribution < 1.29 is 4.79 Å². The number of benzene rings is 2. The summed E-state index contributed by atoms with van der Waals surface area (Å²) in [4.78, 5) is 32.9. The molecule has 0 aliphatic rings. The number of fused-ring (bicyclic) bond motifs is 1. The molecule has 0 aliphatic carbocycles. The van der Waals surface area contributed by atoms with Gasteiger partial charge >= 0.3 is 5.69 Å². The van der Waals surface area contributed by atoms with E-state index in [1.54, 1.807) is 17.0 Å². The molecule has 0 fully saturated rings. The number of amides is 1. The van der Waals surface area contributed by atoms with Gasteiger partial charge in [-0.25, -0.2) is 4.79 Å². The summed E-state index contributed by atoms with van der Waals surface area (Å²) in [5, 5.41) is 0.642. The first kappa shape index (κ1) is 15.0. The molecule has 0 saturated heterocycles. The Morgan fingerprint density at radius 3 is 2.70 bits per heavy atom. The average Bonchev–Trinajstić information content (AvgIpc) is 2.54. The summed E-state index contributed by atoms with van der Waals surface area (Å²) in [7, 11) is 0. The van der Waals surface area contributed by atoms with Gasteiger partial charge in [-0.05, 0) is 37.6 Å². The number of para-hydroxylation sites is 1. The van der Waals surface area contributed by atoms with Gasteiger partial charge in [-0.15, -0.1) is 0 Å². The zero-order valence-corrected chi connectivity index (χ0v) is 13.0. The maximum atomic E-state index is 13.0.